The lowest BCUT2D eigenvalue weighted by Gasteiger charge is -2.38. The lowest BCUT2D eigenvalue weighted by atomic mass is 9.80. The van der Waals surface area contributed by atoms with E-state index in [0.717, 1.165) is 19.7 Å². The van der Waals surface area contributed by atoms with Crippen LogP contribution in [0.4, 0.5) is 0 Å². The molecule has 0 spiro atoms. The van der Waals surface area contributed by atoms with E-state index in [9.17, 15) is 0 Å². The summed E-state index contributed by atoms with van der Waals surface area (Å²) in [5.41, 5.74) is 0.471. The highest BCUT2D eigenvalue weighted by Gasteiger charge is 2.27. The lowest BCUT2D eigenvalue weighted by Crippen LogP contribution is -2.42. The summed E-state index contributed by atoms with van der Waals surface area (Å²) in [6.07, 6.45) is 2.59. The fourth-order valence-corrected chi connectivity index (χ4v) is 2.11. The van der Waals surface area contributed by atoms with Gasteiger partial charge in [0.2, 0.25) is 0 Å². The molecule has 1 aliphatic rings. The molecular formula is C13H28N2O2. The van der Waals surface area contributed by atoms with E-state index >= 15 is 0 Å². The Morgan fingerprint density at radius 2 is 1.88 bits per heavy atom. The van der Waals surface area contributed by atoms with Gasteiger partial charge in [0.05, 0.1) is 19.8 Å². The number of nitrogens with one attached hydrogen (secondary N) is 1. The Kier molecular flexibility index (Phi) is 7.04. The third-order valence-corrected chi connectivity index (χ3v) is 3.60. The normalized spacial score (nSPS) is 20.6. The van der Waals surface area contributed by atoms with Crippen LogP contribution in [-0.4, -0.2) is 65.1 Å². The molecule has 0 aromatic rings. The molecule has 102 valence electrons. The average molecular weight is 244 g/mol. The molecule has 0 amide bonds. The third kappa shape index (κ3) is 6.36. The van der Waals surface area contributed by atoms with Gasteiger partial charge in [0.25, 0.3) is 0 Å². The molecule has 0 aromatic carbocycles. The molecule has 4 heteroatoms. The van der Waals surface area contributed by atoms with Crippen molar-refractivity contribution in [3.63, 3.8) is 0 Å². The molecule has 1 fully saturated rings. The highest BCUT2D eigenvalue weighted by molar-refractivity contribution is 4.83. The molecule has 0 aromatic heterocycles. The molecule has 0 radical (unpaired) electrons. The van der Waals surface area contributed by atoms with Crippen LogP contribution in [0.5, 0.6) is 0 Å². The Morgan fingerprint density at radius 3 is 2.53 bits per heavy atom. The molecule has 4 nitrogen and oxygen atoms in total. The van der Waals surface area contributed by atoms with E-state index in [1.807, 2.05) is 0 Å². The van der Waals surface area contributed by atoms with E-state index in [4.69, 9.17) is 9.47 Å². The molecule has 0 unspecified atom stereocenters. The van der Waals surface area contributed by atoms with Crippen molar-refractivity contribution in [1.29, 1.82) is 0 Å². The van der Waals surface area contributed by atoms with Crippen LogP contribution in [0.15, 0.2) is 0 Å². The molecule has 1 aliphatic heterocycles. The van der Waals surface area contributed by atoms with Crippen molar-refractivity contribution in [2.24, 2.45) is 5.41 Å². The smallest absolute Gasteiger partial charge is 0.0700 e. The molecule has 1 rings (SSSR count). The van der Waals surface area contributed by atoms with Crippen molar-refractivity contribution in [1.82, 2.24) is 10.2 Å². The maximum Gasteiger partial charge on any atom is 0.0700 e. The minimum absolute atomic E-state index is 0.471. The number of ether oxygens (including phenoxy) is 2. The van der Waals surface area contributed by atoms with Gasteiger partial charge in [0.15, 0.2) is 0 Å². The van der Waals surface area contributed by atoms with Crippen LogP contribution in [0.3, 0.4) is 0 Å². The molecule has 17 heavy (non-hydrogen) atoms. The second-order valence-corrected chi connectivity index (χ2v) is 5.40. The first-order valence-corrected chi connectivity index (χ1v) is 6.62. The van der Waals surface area contributed by atoms with Gasteiger partial charge in [-0.3, -0.25) is 0 Å². The minimum atomic E-state index is 0.471. The predicted molar refractivity (Wildman–Crippen MR) is 70.4 cm³/mol. The second-order valence-electron chi connectivity index (χ2n) is 5.40. The predicted octanol–water partition coefficient (Wildman–Crippen LogP) is 0.971. The van der Waals surface area contributed by atoms with Crippen molar-refractivity contribution in [3.8, 4) is 0 Å². The Labute approximate surface area is 106 Å². The topological polar surface area (TPSA) is 33.7 Å². The van der Waals surface area contributed by atoms with Crippen molar-refractivity contribution in [2.45, 2.75) is 19.8 Å². The summed E-state index contributed by atoms with van der Waals surface area (Å²) >= 11 is 0. The van der Waals surface area contributed by atoms with Gasteiger partial charge in [-0.1, -0.05) is 6.92 Å². The second kappa shape index (κ2) is 8.03. The first-order chi connectivity index (χ1) is 8.16. The monoisotopic (exact) mass is 244 g/mol. The van der Waals surface area contributed by atoms with Crippen molar-refractivity contribution in [2.75, 3.05) is 60.2 Å². The summed E-state index contributed by atoms with van der Waals surface area (Å²) in [5.74, 6) is 0. The van der Waals surface area contributed by atoms with Crippen LogP contribution in [0.2, 0.25) is 0 Å². The van der Waals surface area contributed by atoms with Crippen LogP contribution in [0.25, 0.3) is 0 Å². The molecule has 1 N–H and O–H groups in total. The quantitative estimate of drug-likeness (QED) is 0.645. The number of piperidine rings is 1. The SMILES string of the molecule is COCCOCCNCC1(C)CCN(C)CC1. The summed E-state index contributed by atoms with van der Waals surface area (Å²) < 4.78 is 10.3. The Bertz CT molecular complexity index is 192. The summed E-state index contributed by atoms with van der Waals surface area (Å²) in [6.45, 7) is 9.04. The summed E-state index contributed by atoms with van der Waals surface area (Å²) in [4.78, 5) is 2.41. The van der Waals surface area contributed by atoms with Gasteiger partial charge in [-0.25, -0.2) is 0 Å². The standard InChI is InChI=1S/C13H28N2O2/c1-13(4-7-15(2)8-5-13)12-14-6-9-17-11-10-16-3/h14H,4-12H2,1-3H3. The van der Waals surface area contributed by atoms with Gasteiger partial charge in [-0.15, -0.1) is 0 Å². The van der Waals surface area contributed by atoms with Crippen LogP contribution < -0.4 is 5.32 Å². The van der Waals surface area contributed by atoms with E-state index in [0.29, 0.717) is 18.6 Å². The molecule has 1 saturated heterocycles. The first-order valence-electron chi connectivity index (χ1n) is 6.62. The van der Waals surface area contributed by atoms with E-state index in [1.54, 1.807) is 7.11 Å². The van der Waals surface area contributed by atoms with Gasteiger partial charge in [-0.05, 0) is 38.4 Å². The van der Waals surface area contributed by atoms with Crippen molar-refractivity contribution < 1.29 is 9.47 Å². The van der Waals surface area contributed by atoms with Crippen LogP contribution in [-0.2, 0) is 9.47 Å². The van der Waals surface area contributed by atoms with Crippen molar-refractivity contribution >= 4 is 0 Å². The van der Waals surface area contributed by atoms with Gasteiger partial charge in [-0.2, -0.15) is 0 Å². The van der Waals surface area contributed by atoms with Gasteiger partial charge in [0.1, 0.15) is 0 Å². The van der Waals surface area contributed by atoms with Gasteiger partial charge < -0.3 is 19.7 Å². The molecule has 0 aliphatic carbocycles. The Balaban J connectivity index is 1.98. The van der Waals surface area contributed by atoms with Crippen LogP contribution in [0, 0.1) is 5.41 Å². The average Bonchev–Trinajstić information content (AvgIpc) is 2.32. The zero-order chi connectivity index (χ0) is 12.6. The highest BCUT2D eigenvalue weighted by atomic mass is 16.5. The largest absolute Gasteiger partial charge is 0.382 e. The summed E-state index contributed by atoms with van der Waals surface area (Å²) in [6, 6.07) is 0. The first kappa shape index (κ1) is 14.9. The number of hydrogen-bond donors (Lipinski definition) is 1. The molecular weight excluding hydrogens is 216 g/mol. The zero-order valence-electron chi connectivity index (χ0n) is 11.6. The number of methoxy groups -OCH3 is 1. The Morgan fingerprint density at radius 1 is 1.18 bits per heavy atom. The number of likely N-dealkylation sites (tertiary alicyclic amines) is 1. The highest BCUT2D eigenvalue weighted by Crippen LogP contribution is 2.29. The van der Waals surface area contributed by atoms with Crippen LogP contribution in [0.1, 0.15) is 19.8 Å². The van der Waals surface area contributed by atoms with E-state index in [1.165, 1.54) is 25.9 Å². The summed E-state index contributed by atoms with van der Waals surface area (Å²) in [5, 5.41) is 3.50. The van der Waals surface area contributed by atoms with E-state index < -0.39 is 0 Å². The van der Waals surface area contributed by atoms with E-state index in [2.05, 4.69) is 24.2 Å². The molecule has 0 saturated carbocycles. The minimum Gasteiger partial charge on any atom is -0.382 e. The van der Waals surface area contributed by atoms with Crippen LogP contribution >= 0.6 is 0 Å². The molecule has 0 atom stereocenters. The number of rotatable bonds is 8. The maximum absolute atomic E-state index is 5.42. The Hall–Kier alpha value is -0.160. The molecule has 0 bridgehead atoms. The summed E-state index contributed by atoms with van der Waals surface area (Å²) in [7, 11) is 3.90. The fraction of sp³-hybridized carbons (Fsp3) is 1.00. The van der Waals surface area contributed by atoms with Gasteiger partial charge in [0, 0.05) is 20.2 Å². The fourth-order valence-electron chi connectivity index (χ4n) is 2.11. The zero-order valence-corrected chi connectivity index (χ0v) is 11.6. The number of hydrogen-bond acceptors (Lipinski definition) is 4. The maximum atomic E-state index is 5.42. The number of nitrogens with zero attached hydrogens (tertiary/aromatic N) is 1. The molecule has 1 heterocycles. The lowest BCUT2D eigenvalue weighted by molar-refractivity contribution is 0.0693. The van der Waals surface area contributed by atoms with E-state index in [-0.39, 0.29) is 0 Å². The van der Waals surface area contributed by atoms with Crippen molar-refractivity contribution in [3.05, 3.63) is 0 Å². The third-order valence-electron chi connectivity index (χ3n) is 3.60. The van der Waals surface area contributed by atoms with Gasteiger partial charge >= 0.3 is 0 Å².